The maximum atomic E-state index is 4.54. The SMILES string of the molecule is CN=C(NCCc1ccc(-c2csc(C)n2)s1)NC(C)(C)C. The van der Waals surface area contributed by atoms with Gasteiger partial charge in [-0.1, -0.05) is 0 Å². The third-order valence-electron chi connectivity index (χ3n) is 2.91. The molecular formula is C16H24N4S2. The van der Waals surface area contributed by atoms with Gasteiger partial charge in [0.1, 0.15) is 0 Å². The zero-order valence-electron chi connectivity index (χ0n) is 13.9. The number of nitrogens with zero attached hydrogens (tertiary/aromatic N) is 2. The van der Waals surface area contributed by atoms with Gasteiger partial charge in [0.15, 0.2) is 5.96 Å². The van der Waals surface area contributed by atoms with Gasteiger partial charge in [0.2, 0.25) is 0 Å². The van der Waals surface area contributed by atoms with Crippen LogP contribution in [-0.4, -0.2) is 30.1 Å². The van der Waals surface area contributed by atoms with E-state index >= 15 is 0 Å². The van der Waals surface area contributed by atoms with Crippen LogP contribution < -0.4 is 10.6 Å². The van der Waals surface area contributed by atoms with Gasteiger partial charge in [-0.05, 0) is 46.2 Å². The molecule has 2 aromatic heterocycles. The summed E-state index contributed by atoms with van der Waals surface area (Å²) in [7, 11) is 1.80. The van der Waals surface area contributed by atoms with Crippen LogP contribution in [-0.2, 0) is 6.42 Å². The van der Waals surface area contributed by atoms with E-state index in [4.69, 9.17) is 0 Å². The highest BCUT2D eigenvalue weighted by molar-refractivity contribution is 7.16. The Bertz CT molecular complexity index is 635. The summed E-state index contributed by atoms with van der Waals surface area (Å²) in [4.78, 5) is 11.4. The standard InChI is InChI=1S/C16H24N4S2/c1-11-19-13(10-21-11)14-7-6-12(22-14)8-9-18-15(17-5)20-16(2,3)4/h6-7,10H,8-9H2,1-5H3,(H2,17,18,20). The van der Waals surface area contributed by atoms with Crippen molar-refractivity contribution < 1.29 is 0 Å². The molecule has 2 aromatic rings. The molecule has 0 radical (unpaired) electrons. The molecule has 0 aromatic carbocycles. The lowest BCUT2D eigenvalue weighted by Crippen LogP contribution is -2.47. The minimum absolute atomic E-state index is 0.0143. The maximum Gasteiger partial charge on any atom is 0.191 e. The number of thiophene rings is 1. The van der Waals surface area contributed by atoms with Crippen molar-refractivity contribution in [2.45, 2.75) is 39.7 Å². The van der Waals surface area contributed by atoms with Gasteiger partial charge in [0.05, 0.1) is 15.6 Å². The Morgan fingerprint density at radius 3 is 2.68 bits per heavy atom. The fourth-order valence-electron chi connectivity index (χ4n) is 1.96. The maximum absolute atomic E-state index is 4.54. The first-order valence-electron chi connectivity index (χ1n) is 7.37. The molecule has 0 atom stereocenters. The third-order valence-corrected chi connectivity index (χ3v) is 4.86. The highest BCUT2D eigenvalue weighted by atomic mass is 32.1. The molecular weight excluding hydrogens is 312 g/mol. The van der Waals surface area contributed by atoms with E-state index in [0.717, 1.165) is 29.6 Å². The number of aryl methyl sites for hydroxylation is 1. The quantitative estimate of drug-likeness (QED) is 0.661. The number of aliphatic imine (C=N–C) groups is 1. The van der Waals surface area contributed by atoms with E-state index in [1.165, 1.54) is 9.75 Å². The van der Waals surface area contributed by atoms with Gasteiger partial charge in [-0.3, -0.25) is 4.99 Å². The van der Waals surface area contributed by atoms with Crippen molar-refractivity contribution in [1.82, 2.24) is 15.6 Å². The molecule has 0 fully saturated rings. The molecule has 0 aliphatic heterocycles. The van der Waals surface area contributed by atoms with Gasteiger partial charge in [0.25, 0.3) is 0 Å². The van der Waals surface area contributed by atoms with E-state index in [1.807, 2.05) is 18.3 Å². The summed E-state index contributed by atoms with van der Waals surface area (Å²) >= 11 is 3.51. The second-order valence-electron chi connectivity index (χ2n) is 6.14. The molecule has 0 saturated heterocycles. The van der Waals surface area contributed by atoms with Crippen LogP contribution in [0.1, 0.15) is 30.7 Å². The van der Waals surface area contributed by atoms with Gasteiger partial charge in [0, 0.05) is 29.4 Å². The number of thiazole rings is 1. The van der Waals surface area contributed by atoms with Crippen LogP contribution in [0.3, 0.4) is 0 Å². The number of hydrogen-bond donors (Lipinski definition) is 2. The van der Waals surface area contributed by atoms with E-state index in [0.29, 0.717) is 0 Å². The molecule has 4 nitrogen and oxygen atoms in total. The van der Waals surface area contributed by atoms with E-state index < -0.39 is 0 Å². The van der Waals surface area contributed by atoms with Crippen LogP contribution in [0.4, 0.5) is 0 Å². The van der Waals surface area contributed by atoms with Gasteiger partial charge in [-0.15, -0.1) is 22.7 Å². The molecule has 6 heteroatoms. The molecule has 2 rings (SSSR count). The van der Waals surface area contributed by atoms with Gasteiger partial charge < -0.3 is 10.6 Å². The van der Waals surface area contributed by atoms with Crippen molar-refractivity contribution in [3.8, 4) is 10.6 Å². The summed E-state index contributed by atoms with van der Waals surface area (Å²) < 4.78 is 0. The summed E-state index contributed by atoms with van der Waals surface area (Å²) in [5.41, 5.74) is 1.11. The van der Waals surface area contributed by atoms with Crippen molar-refractivity contribution in [1.29, 1.82) is 0 Å². The molecule has 0 aliphatic rings. The minimum Gasteiger partial charge on any atom is -0.356 e. The van der Waals surface area contributed by atoms with Crippen LogP contribution in [0.25, 0.3) is 10.6 Å². The molecule has 2 heterocycles. The Kier molecular flexibility index (Phi) is 5.58. The predicted molar refractivity (Wildman–Crippen MR) is 98.1 cm³/mol. The smallest absolute Gasteiger partial charge is 0.191 e. The molecule has 22 heavy (non-hydrogen) atoms. The minimum atomic E-state index is 0.0143. The second-order valence-corrected chi connectivity index (χ2v) is 8.37. The highest BCUT2D eigenvalue weighted by Crippen LogP contribution is 2.29. The molecule has 0 unspecified atom stereocenters. The Labute approximate surface area is 140 Å². The lowest BCUT2D eigenvalue weighted by atomic mass is 10.1. The summed E-state index contributed by atoms with van der Waals surface area (Å²) in [6.07, 6.45) is 0.985. The van der Waals surface area contributed by atoms with Gasteiger partial charge >= 0.3 is 0 Å². The van der Waals surface area contributed by atoms with Crippen LogP contribution in [0.15, 0.2) is 22.5 Å². The molecule has 2 N–H and O–H groups in total. The van der Waals surface area contributed by atoms with Crippen molar-refractivity contribution in [3.63, 3.8) is 0 Å². The van der Waals surface area contributed by atoms with Crippen LogP contribution in [0.5, 0.6) is 0 Å². The van der Waals surface area contributed by atoms with Crippen LogP contribution in [0.2, 0.25) is 0 Å². The summed E-state index contributed by atoms with van der Waals surface area (Å²) in [5, 5.41) is 9.96. The molecule has 0 amide bonds. The lowest BCUT2D eigenvalue weighted by Gasteiger charge is -2.23. The fraction of sp³-hybridized carbons (Fsp3) is 0.500. The Morgan fingerprint density at radius 1 is 1.32 bits per heavy atom. The highest BCUT2D eigenvalue weighted by Gasteiger charge is 2.11. The van der Waals surface area contributed by atoms with Crippen molar-refractivity contribution in [3.05, 3.63) is 27.4 Å². The first kappa shape index (κ1) is 17.0. The van der Waals surface area contributed by atoms with Gasteiger partial charge in [-0.25, -0.2) is 4.98 Å². The van der Waals surface area contributed by atoms with E-state index in [9.17, 15) is 0 Å². The molecule has 0 aliphatic carbocycles. The second kappa shape index (κ2) is 7.24. The van der Waals surface area contributed by atoms with Crippen LogP contribution >= 0.6 is 22.7 Å². The monoisotopic (exact) mass is 336 g/mol. The summed E-state index contributed by atoms with van der Waals surface area (Å²) in [6.45, 7) is 9.29. The Hall–Kier alpha value is -1.40. The van der Waals surface area contributed by atoms with E-state index in [1.54, 1.807) is 18.4 Å². The number of aromatic nitrogens is 1. The fourth-order valence-corrected chi connectivity index (χ4v) is 3.62. The first-order valence-corrected chi connectivity index (χ1v) is 9.07. The van der Waals surface area contributed by atoms with Crippen molar-refractivity contribution in [2.24, 2.45) is 4.99 Å². The number of hydrogen-bond acceptors (Lipinski definition) is 4. The Balaban J connectivity index is 1.86. The largest absolute Gasteiger partial charge is 0.356 e. The Morgan fingerprint density at radius 2 is 2.09 bits per heavy atom. The molecule has 120 valence electrons. The average Bonchev–Trinajstić information content (AvgIpc) is 3.05. The zero-order chi connectivity index (χ0) is 16.2. The third kappa shape index (κ3) is 5.10. The summed E-state index contributed by atoms with van der Waals surface area (Å²) in [6, 6.07) is 4.35. The number of rotatable bonds is 4. The van der Waals surface area contributed by atoms with Crippen molar-refractivity contribution in [2.75, 3.05) is 13.6 Å². The lowest BCUT2D eigenvalue weighted by molar-refractivity contribution is 0.502. The number of nitrogens with one attached hydrogen (secondary N) is 2. The predicted octanol–water partition coefficient (Wildman–Crippen LogP) is 3.69. The molecule has 0 saturated carbocycles. The normalized spacial score (nSPS) is 12.5. The number of guanidine groups is 1. The van der Waals surface area contributed by atoms with E-state index in [2.05, 4.69) is 58.9 Å². The molecule has 0 bridgehead atoms. The topological polar surface area (TPSA) is 49.3 Å². The van der Waals surface area contributed by atoms with E-state index in [-0.39, 0.29) is 5.54 Å². The zero-order valence-corrected chi connectivity index (χ0v) is 15.5. The van der Waals surface area contributed by atoms with Crippen LogP contribution in [0, 0.1) is 6.92 Å². The van der Waals surface area contributed by atoms with Gasteiger partial charge in [-0.2, -0.15) is 0 Å². The summed E-state index contributed by atoms with van der Waals surface area (Å²) in [5.74, 6) is 0.847. The van der Waals surface area contributed by atoms with Crippen molar-refractivity contribution >= 4 is 28.6 Å². The first-order chi connectivity index (χ1) is 10.4. The molecule has 0 spiro atoms. The average molecular weight is 337 g/mol.